The van der Waals surface area contributed by atoms with E-state index in [2.05, 4.69) is 0 Å². The Morgan fingerprint density at radius 2 is 2.00 bits per heavy atom. The zero-order valence-corrected chi connectivity index (χ0v) is 11.4. The van der Waals surface area contributed by atoms with E-state index in [9.17, 15) is 4.79 Å². The summed E-state index contributed by atoms with van der Waals surface area (Å²) in [7, 11) is 0. The average Bonchev–Trinajstić information content (AvgIpc) is 2.88. The molecule has 3 aliphatic rings. The highest BCUT2D eigenvalue weighted by atomic mass is 16.7. The Hall–Kier alpha value is -0.650. The molecule has 0 aromatic heterocycles. The van der Waals surface area contributed by atoms with Crippen molar-refractivity contribution < 1.29 is 19.0 Å². The Labute approximate surface area is 114 Å². The first-order chi connectivity index (χ1) is 9.27. The van der Waals surface area contributed by atoms with Crippen molar-refractivity contribution in [1.29, 1.82) is 0 Å². The zero-order chi connectivity index (χ0) is 13.1. The van der Waals surface area contributed by atoms with Gasteiger partial charge in [0.05, 0.1) is 32.3 Å². The number of rotatable bonds is 2. The van der Waals surface area contributed by atoms with Crippen molar-refractivity contribution in [3.05, 3.63) is 0 Å². The number of piperidine rings is 1. The molecule has 0 aromatic rings. The summed E-state index contributed by atoms with van der Waals surface area (Å²) in [5.74, 6) is -0.327. The van der Waals surface area contributed by atoms with Gasteiger partial charge in [-0.05, 0) is 25.7 Å². The van der Waals surface area contributed by atoms with Gasteiger partial charge in [-0.15, -0.1) is 0 Å². The molecule has 5 heteroatoms. The van der Waals surface area contributed by atoms with E-state index in [0.717, 1.165) is 38.8 Å². The molecule has 1 amide bonds. The van der Waals surface area contributed by atoms with Gasteiger partial charge in [-0.2, -0.15) is 0 Å². The highest BCUT2D eigenvalue weighted by Gasteiger charge is 2.42. The van der Waals surface area contributed by atoms with E-state index in [1.165, 1.54) is 6.42 Å². The molecular formula is C14H23NO4. The fourth-order valence-electron chi connectivity index (χ4n) is 3.23. The van der Waals surface area contributed by atoms with Gasteiger partial charge in [0.2, 0.25) is 5.91 Å². The third-order valence-electron chi connectivity index (χ3n) is 4.26. The number of likely N-dealkylation sites (tertiary alicyclic amines) is 1. The number of ether oxygens (including phenoxy) is 3. The van der Waals surface area contributed by atoms with E-state index in [1.807, 2.05) is 4.90 Å². The van der Waals surface area contributed by atoms with Gasteiger partial charge in [-0.3, -0.25) is 4.79 Å². The van der Waals surface area contributed by atoms with E-state index in [0.29, 0.717) is 26.2 Å². The molecular weight excluding hydrogens is 246 g/mol. The van der Waals surface area contributed by atoms with Gasteiger partial charge in [-0.1, -0.05) is 0 Å². The first-order valence-corrected chi connectivity index (χ1v) is 7.45. The van der Waals surface area contributed by atoms with E-state index in [4.69, 9.17) is 14.2 Å². The van der Waals surface area contributed by atoms with Crippen LogP contribution in [0.5, 0.6) is 0 Å². The third-order valence-corrected chi connectivity index (χ3v) is 4.26. The van der Waals surface area contributed by atoms with Crippen LogP contribution in [0.4, 0.5) is 0 Å². The lowest BCUT2D eigenvalue weighted by molar-refractivity contribution is -0.194. The Kier molecular flexibility index (Phi) is 4.05. The van der Waals surface area contributed by atoms with Crippen LogP contribution in [0.15, 0.2) is 0 Å². The van der Waals surface area contributed by atoms with Crippen LogP contribution in [-0.4, -0.2) is 55.6 Å². The summed E-state index contributed by atoms with van der Waals surface area (Å²) in [6.07, 6.45) is 5.79. The molecule has 0 radical (unpaired) electrons. The summed E-state index contributed by atoms with van der Waals surface area (Å²) in [4.78, 5) is 14.2. The van der Waals surface area contributed by atoms with Crippen molar-refractivity contribution in [2.75, 3.05) is 32.9 Å². The smallest absolute Gasteiger partial charge is 0.225 e. The minimum atomic E-state index is -0.513. The molecule has 0 aliphatic carbocycles. The first kappa shape index (κ1) is 13.3. The largest absolute Gasteiger partial charge is 0.378 e. The molecule has 3 saturated heterocycles. The van der Waals surface area contributed by atoms with Gasteiger partial charge < -0.3 is 19.1 Å². The van der Waals surface area contributed by atoms with Crippen LogP contribution in [-0.2, 0) is 19.0 Å². The average molecular weight is 269 g/mol. The van der Waals surface area contributed by atoms with Crippen LogP contribution in [0.1, 0.15) is 38.5 Å². The molecule has 3 rings (SSSR count). The Morgan fingerprint density at radius 3 is 2.74 bits per heavy atom. The molecule has 108 valence electrons. The molecule has 0 bridgehead atoms. The van der Waals surface area contributed by atoms with Gasteiger partial charge in [0.25, 0.3) is 0 Å². The molecule has 3 heterocycles. The zero-order valence-electron chi connectivity index (χ0n) is 11.4. The van der Waals surface area contributed by atoms with Crippen molar-refractivity contribution >= 4 is 5.91 Å². The number of amides is 1. The Bertz CT molecular complexity index is 321. The fraction of sp³-hybridized carbons (Fsp3) is 0.929. The Morgan fingerprint density at radius 1 is 1.16 bits per heavy atom. The molecule has 3 fully saturated rings. The second-order valence-electron chi connectivity index (χ2n) is 5.72. The molecule has 1 unspecified atom stereocenters. The number of hydrogen-bond acceptors (Lipinski definition) is 4. The second-order valence-corrected chi connectivity index (χ2v) is 5.72. The van der Waals surface area contributed by atoms with Gasteiger partial charge in [0.15, 0.2) is 5.79 Å². The lowest BCUT2D eigenvalue weighted by Crippen LogP contribution is -2.51. The maximum Gasteiger partial charge on any atom is 0.225 e. The standard InChI is InChI=1S/C14H23NO4/c16-13(10-12-4-1-2-7-17-12)15-6-3-5-14(11-15)18-8-9-19-14/h12H,1-11H2. The molecule has 5 nitrogen and oxygen atoms in total. The number of carbonyl (C=O) groups is 1. The van der Waals surface area contributed by atoms with Crippen molar-refractivity contribution in [2.24, 2.45) is 0 Å². The summed E-state index contributed by atoms with van der Waals surface area (Å²) in [6, 6.07) is 0. The van der Waals surface area contributed by atoms with Crippen LogP contribution in [0, 0.1) is 0 Å². The first-order valence-electron chi connectivity index (χ1n) is 7.45. The predicted octanol–water partition coefficient (Wildman–Crippen LogP) is 1.31. The van der Waals surface area contributed by atoms with Gasteiger partial charge in [-0.25, -0.2) is 0 Å². The number of hydrogen-bond donors (Lipinski definition) is 0. The fourth-order valence-corrected chi connectivity index (χ4v) is 3.23. The lowest BCUT2D eigenvalue weighted by Gasteiger charge is -2.39. The number of nitrogens with zero attached hydrogens (tertiary/aromatic N) is 1. The summed E-state index contributed by atoms with van der Waals surface area (Å²) < 4.78 is 17.1. The molecule has 3 aliphatic heterocycles. The van der Waals surface area contributed by atoms with E-state index >= 15 is 0 Å². The van der Waals surface area contributed by atoms with Crippen LogP contribution >= 0.6 is 0 Å². The van der Waals surface area contributed by atoms with Crippen LogP contribution in [0.25, 0.3) is 0 Å². The summed E-state index contributed by atoms with van der Waals surface area (Å²) >= 11 is 0. The minimum absolute atomic E-state index is 0.115. The van der Waals surface area contributed by atoms with Crippen molar-refractivity contribution in [2.45, 2.75) is 50.4 Å². The maximum atomic E-state index is 12.3. The second kappa shape index (κ2) is 5.77. The quantitative estimate of drug-likeness (QED) is 0.758. The van der Waals surface area contributed by atoms with E-state index in [-0.39, 0.29) is 12.0 Å². The monoisotopic (exact) mass is 269 g/mol. The van der Waals surface area contributed by atoms with E-state index < -0.39 is 5.79 Å². The molecule has 0 saturated carbocycles. The van der Waals surface area contributed by atoms with E-state index in [1.54, 1.807) is 0 Å². The highest BCUT2D eigenvalue weighted by molar-refractivity contribution is 5.76. The van der Waals surface area contributed by atoms with Crippen molar-refractivity contribution in [3.8, 4) is 0 Å². The van der Waals surface area contributed by atoms with Crippen molar-refractivity contribution in [3.63, 3.8) is 0 Å². The highest BCUT2D eigenvalue weighted by Crippen LogP contribution is 2.30. The predicted molar refractivity (Wildman–Crippen MR) is 68.7 cm³/mol. The Balaban J connectivity index is 1.54. The minimum Gasteiger partial charge on any atom is -0.378 e. The van der Waals surface area contributed by atoms with Gasteiger partial charge in [0.1, 0.15) is 0 Å². The SMILES string of the molecule is O=C(CC1CCCCO1)N1CCCC2(C1)OCCO2. The van der Waals surface area contributed by atoms with Gasteiger partial charge >= 0.3 is 0 Å². The number of carbonyl (C=O) groups excluding carboxylic acids is 1. The van der Waals surface area contributed by atoms with Crippen LogP contribution in [0.3, 0.4) is 0 Å². The van der Waals surface area contributed by atoms with Crippen molar-refractivity contribution in [1.82, 2.24) is 4.90 Å². The third kappa shape index (κ3) is 3.09. The lowest BCUT2D eigenvalue weighted by atomic mass is 10.0. The summed E-state index contributed by atoms with van der Waals surface area (Å²) in [6.45, 7) is 3.49. The molecule has 0 aromatic carbocycles. The van der Waals surface area contributed by atoms with Gasteiger partial charge in [0, 0.05) is 19.6 Å². The molecule has 0 N–H and O–H groups in total. The van der Waals surface area contributed by atoms with Crippen LogP contribution < -0.4 is 0 Å². The summed E-state index contributed by atoms with van der Waals surface area (Å²) in [5, 5.41) is 0. The normalized spacial score (nSPS) is 30.7. The molecule has 1 spiro atoms. The molecule has 1 atom stereocenters. The topological polar surface area (TPSA) is 48.0 Å². The maximum absolute atomic E-state index is 12.3. The summed E-state index contributed by atoms with van der Waals surface area (Å²) in [5.41, 5.74) is 0. The molecule has 19 heavy (non-hydrogen) atoms. The van der Waals surface area contributed by atoms with Crippen LogP contribution in [0.2, 0.25) is 0 Å².